The van der Waals surface area contributed by atoms with E-state index in [1.165, 1.54) is 12.8 Å². The van der Waals surface area contributed by atoms with Gasteiger partial charge in [0, 0.05) is 12.3 Å². The third kappa shape index (κ3) is 5.21. The van der Waals surface area contributed by atoms with E-state index in [-0.39, 0.29) is 12.0 Å². The molecule has 1 aromatic carbocycles. The zero-order valence-electron chi connectivity index (χ0n) is 14.5. The van der Waals surface area contributed by atoms with E-state index >= 15 is 0 Å². The van der Waals surface area contributed by atoms with E-state index in [1.807, 2.05) is 24.3 Å². The van der Waals surface area contributed by atoms with Gasteiger partial charge in [0.2, 0.25) is 5.91 Å². The summed E-state index contributed by atoms with van der Waals surface area (Å²) in [6.07, 6.45) is 4.78. The van der Waals surface area contributed by atoms with E-state index < -0.39 is 0 Å². The summed E-state index contributed by atoms with van der Waals surface area (Å²) in [4.78, 5) is 14.4. The summed E-state index contributed by atoms with van der Waals surface area (Å²) >= 11 is 0. The van der Waals surface area contributed by atoms with Crippen LogP contribution in [-0.4, -0.2) is 49.8 Å². The topological polar surface area (TPSA) is 50.8 Å². The quantitative estimate of drug-likeness (QED) is 0.870. The van der Waals surface area contributed by atoms with Gasteiger partial charge in [-0.1, -0.05) is 6.92 Å². The van der Waals surface area contributed by atoms with E-state index in [9.17, 15) is 4.79 Å². The molecule has 132 valence electrons. The zero-order valence-corrected chi connectivity index (χ0v) is 14.5. The minimum atomic E-state index is 0.0533. The second kappa shape index (κ2) is 8.49. The van der Waals surface area contributed by atoms with Crippen molar-refractivity contribution in [3.8, 4) is 5.75 Å². The molecule has 0 aromatic heterocycles. The number of benzene rings is 1. The van der Waals surface area contributed by atoms with Crippen molar-refractivity contribution in [2.45, 2.75) is 38.7 Å². The van der Waals surface area contributed by atoms with Crippen LogP contribution in [0.1, 0.15) is 32.6 Å². The second-order valence-corrected chi connectivity index (χ2v) is 6.98. The lowest BCUT2D eigenvalue weighted by Crippen LogP contribution is -2.38. The monoisotopic (exact) mass is 332 g/mol. The first kappa shape index (κ1) is 17.2. The Balaban J connectivity index is 1.40. The van der Waals surface area contributed by atoms with Gasteiger partial charge in [0.05, 0.1) is 12.6 Å². The van der Waals surface area contributed by atoms with Crippen molar-refractivity contribution in [2.24, 2.45) is 5.92 Å². The van der Waals surface area contributed by atoms with Crippen molar-refractivity contribution in [1.82, 2.24) is 4.90 Å². The fourth-order valence-corrected chi connectivity index (χ4v) is 3.22. The first-order valence-electron chi connectivity index (χ1n) is 9.06. The molecule has 2 aliphatic rings. The molecule has 0 bridgehead atoms. The Hall–Kier alpha value is -1.59. The fourth-order valence-electron chi connectivity index (χ4n) is 3.22. The molecule has 24 heavy (non-hydrogen) atoms. The van der Waals surface area contributed by atoms with Crippen LogP contribution in [0.2, 0.25) is 0 Å². The van der Waals surface area contributed by atoms with Crippen LogP contribution in [0.25, 0.3) is 0 Å². The molecule has 5 nitrogen and oxygen atoms in total. The Morgan fingerprint density at radius 3 is 2.67 bits per heavy atom. The van der Waals surface area contributed by atoms with Gasteiger partial charge in [0.25, 0.3) is 0 Å². The third-order valence-corrected chi connectivity index (χ3v) is 4.84. The SMILES string of the molecule is CC1CCN(CC(=O)Nc2ccc(OCC3CCCO3)cc2)CC1. The summed E-state index contributed by atoms with van der Waals surface area (Å²) in [6.45, 7) is 6.23. The normalized spacial score (nSPS) is 22.5. The minimum absolute atomic E-state index is 0.0533. The van der Waals surface area contributed by atoms with Crippen molar-refractivity contribution in [3.05, 3.63) is 24.3 Å². The highest BCUT2D eigenvalue weighted by Gasteiger charge is 2.18. The van der Waals surface area contributed by atoms with E-state index in [0.29, 0.717) is 13.2 Å². The van der Waals surface area contributed by atoms with Crippen molar-refractivity contribution in [2.75, 3.05) is 38.2 Å². The Morgan fingerprint density at radius 1 is 1.25 bits per heavy atom. The van der Waals surface area contributed by atoms with Crippen molar-refractivity contribution >= 4 is 11.6 Å². The van der Waals surface area contributed by atoms with E-state index in [2.05, 4.69) is 17.1 Å². The van der Waals surface area contributed by atoms with Crippen LogP contribution in [-0.2, 0) is 9.53 Å². The number of nitrogens with zero attached hydrogens (tertiary/aromatic N) is 1. The maximum absolute atomic E-state index is 12.1. The Kier molecular flexibility index (Phi) is 6.10. The number of rotatable bonds is 6. The molecule has 0 aliphatic carbocycles. The number of hydrogen-bond donors (Lipinski definition) is 1. The maximum Gasteiger partial charge on any atom is 0.238 e. The predicted octanol–water partition coefficient (Wildman–Crippen LogP) is 2.91. The van der Waals surface area contributed by atoms with Gasteiger partial charge in [-0.2, -0.15) is 0 Å². The van der Waals surface area contributed by atoms with Gasteiger partial charge < -0.3 is 14.8 Å². The van der Waals surface area contributed by atoms with E-state index in [1.54, 1.807) is 0 Å². The number of nitrogens with one attached hydrogen (secondary N) is 1. The molecule has 1 N–H and O–H groups in total. The molecule has 0 radical (unpaired) electrons. The first-order valence-corrected chi connectivity index (χ1v) is 9.06. The molecule has 1 aromatic rings. The Labute approximate surface area is 144 Å². The van der Waals surface area contributed by atoms with Crippen molar-refractivity contribution in [1.29, 1.82) is 0 Å². The van der Waals surface area contributed by atoms with Gasteiger partial charge in [-0.15, -0.1) is 0 Å². The summed E-state index contributed by atoms with van der Waals surface area (Å²) in [7, 11) is 0. The lowest BCUT2D eigenvalue weighted by molar-refractivity contribution is -0.117. The molecule has 1 amide bonds. The number of ether oxygens (including phenoxy) is 2. The first-order chi connectivity index (χ1) is 11.7. The second-order valence-electron chi connectivity index (χ2n) is 6.98. The summed E-state index contributed by atoms with van der Waals surface area (Å²) in [5.74, 6) is 1.65. The van der Waals surface area contributed by atoms with Crippen LogP contribution in [0, 0.1) is 5.92 Å². The molecule has 1 atom stereocenters. The summed E-state index contributed by atoms with van der Waals surface area (Å²) in [5, 5.41) is 2.96. The van der Waals surface area contributed by atoms with Crippen molar-refractivity contribution in [3.63, 3.8) is 0 Å². The lowest BCUT2D eigenvalue weighted by atomic mass is 9.99. The van der Waals surface area contributed by atoms with Crippen LogP contribution < -0.4 is 10.1 Å². The highest BCUT2D eigenvalue weighted by molar-refractivity contribution is 5.92. The van der Waals surface area contributed by atoms with Crippen molar-refractivity contribution < 1.29 is 14.3 Å². The van der Waals surface area contributed by atoms with E-state index in [4.69, 9.17) is 9.47 Å². The van der Waals surface area contributed by atoms with E-state index in [0.717, 1.165) is 49.9 Å². The van der Waals surface area contributed by atoms with Gasteiger partial charge in [0.15, 0.2) is 0 Å². The number of carbonyl (C=O) groups excluding carboxylic acids is 1. The molecular formula is C19H28N2O3. The maximum atomic E-state index is 12.1. The van der Waals surface area contributed by atoms with Gasteiger partial charge in [-0.3, -0.25) is 9.69 Å². The van der Waals surface area contributed by atoms with Crippen LogP contribution in [0.15, 0.2) is 24.3 Å². The largest absolute Gasteiger partial charge is 0.491 e. The number of amides is 1. The fraction of sp³-hybridized carbons (Fsp3) is 0.632. The number of carbonyl (C=O) groups is 1. The molecule has 3 rings (SSSR count). The average molecular weight is 332 g/mol. The van der Waals surface area contributed by atoms with Gasteiger partial charge in [-0.05, 0) is 69.0 Å². The summed E-state index contributed by atoms with van der Waals surface area (Å²) < 4.78 is 11.3. The summed E-state index contributed by atoms with van der Waals surface area (Å²) in [5.41, 5.74) is 0.815. The molecule has 1 unspecified atom stereocenters. The third-order valence-electron chi connectivity index (χ3n) is 4.84. The number of likely N-dealkylation sites (tertiary alicyclic amines) is 1. The standard InChI is InChI=1S/C19H28N2O3/c1-15-8-10-21(11-9-15)13-19(22)20-16-4-6-17(7-5-16)24-14-18-3-2-12-23-18/h4-7,15,18H,2-3,8-14H2,1H3,(H,20,22). The molecule has 5 heteroatoms. The minimum Gasteiger partial charge on any atom is -0.491 e. The molecule has 0 spiro atoms. The van der Waals surface area contributed by atoms with Crippen LogP contribution in [0.4, 0.5) is 5.69 Å². The smallest absolute Gasteiger partial charge is 0.238 e. The zero-order chi connectivity index (χ0) is 16.8. The highest BCUT2D eigenvalue weighted by Crippen LogP contribution is 2.19. The number of piperidine rings is 1. The predicted molar refractivity (Wildman–Crippen MR) is 94.4 cm³/mol. The molecule has 2 saturated heterocycles. The summed E-state index contributed by atoms with van der Waals surface area (Å²) in [6, 6.07) is 7.57. The lowest BCUT2D eigenvalue weighted by Gasteiger charge is -2.29. The number of anilines is 1. The molecule has 2 heterocycles. The van der Waals surface area contributed by atoms with Gasteiger partial charge in [-0.25, -0.2) is 0 Å². The van der Waals surface area contributed by atoms with Crippen LogP contribution >= 0.6 is 0 Å². The molecular weight excluding hydrogens is 304 g/mol. The Bertz CT molecular complexity index is 518. The Morgan fingerprint density at radius 2 is 2.00 bits per heavy atom. The highest BCUT2D eigenvalue weighted by atomic mass is 16.5. The molecule has 2 fully saturated rings. The average Bonchev–Trinajstić information content (AvgIpc) is 3.10. The van der Waals surface area contributed by atoms with Gasteiger partial charge in [0.1, 0.15) is 12.4 Å². The number of hydrogen-bond acceptors (Lipinski definition) is 4. The molecule has 2 aliphatic heterocycles. The van der Waals surface area contributed by atoms with Crippen LogP contribution in [0.3, 0.4) is 0 Å². The van der Waals surface area contributed by atoms with Crippen LogP contribution in [0.5, 0.6) is 5.75 Å². The van der Waals surface area contributed by atoms with Gasteiger partial charge >= 0.3 is 0 Å². The molecule has 0 saturated carbocycles.